The summed E-state index contributed by atoms with van der Waals surface area (Å²) in [5.74, 6) is 1.57. The Morgan fingerprint density at radius 2 is 2.05 bits per heavy atom. The number of aromatic nitrogens is 2. The minimum atomic E-state index is 0.474. The van der Waals surface area contributed by atoms with Crippen molar-refractivity contribution in [3.8, 4) is 0 Å². The van der Waals surface area contributed by atoms with E-state index in [1.807, 2.05) is 24.4 Å². The molecule has 2 aliphatic rings. The van der Waals surface area contributed by atoms with Gasteiger partial charge < -0.3 is 5.32 Å². The van der Waals surface area contributed by atoms with E-state index in [2.05, 4.69) is 28.3 Å². The van der Waals surface area contributed by atoms with Crippen molar-refractivity contribution in [2.45, 2.75) is 45.1 Å². The molecule has 3 nitrogen and oxygen atoms in total. The van der Waals surface area contributed by atoms with Gasteiger partial charge in [0.25, 0.3) is 0 Å². The number of nitrogens with zero attached hydrogens (tertiary/aromatic N) is 2. The maximum atomic E-state index is 4.60. The first kappa shape index (κ1) is 12.1. The normalized spacial score (nSPS) is 22.2. The maximum Gasteiger partial charge on any atom is 0.223 e. The first-order valence-electron chi connectivity index (χ1n) is 7.73. The van der Waals surface area contributed by atoms with Gasteiger partial charge in [-0.1, -0.05) is 24.6 Å². The Hall–Kier alpha value is -1.64. The van der Waals surface area contributed by atoms with Gasteiger partial charge in [0.2, 0.25) is 5.95 Å². The number of nitrogens with one attached hydrogen (secondary N) is 1. The van der Waals surface area contributed by atoms with Crippen molar-refractivity contribution in [3.63, 3.8) is 0 Å². The van der Waals surface area contributed by atoms with E-state index in [4.69, 9.17) is 0 Å². The van der Waals surface area contributed by atoms with E-state index >= 15 is 0 Å². The van der Waals surface area contributed by atoms with Crippen LogP contribution in [0.4, 0.5) is 5.95 Å². The summed E-state index contributed by atoms with van der Waals surface area (Å²) in [6, 6.07) is 8.61. The second kappa shape index (κ2) is 4.44. The number of rotatable bonds is 3. The average Bonchev–Trinajstić information content (AvgIpc) is 2.35. The number of benzene rings is 1. The highest BCUT2D eigenvalue weighted by Gasteiger charge is 2.49. The molecule has 0 aliphatic heterocycles. The van der Waals surface area contributed by atoms with E-state index in [0.29, 0.717) is 6.04 Å². The lowest BCUT2D eigenvalue weighted by molar-refractivity contribution is -0.0299. The van der Waals surface area contributed by atoms with E-state index in [1.165, 1.54) is 32.1 Å². The van der Waals surface area contributed by atoms with Gasteiger partial charge in [-0.2, -0.15) is 0 Å². The third-order valence-corrected chi connectivity index (χ3v) is 5.36. The largest absolute Gasteiger partial charge is 0.351 e. The lowest BCUT2D eigenvalue weighted by Crippen LogP contribution is -2.48. The quantitative estimate of drug-likeness (QED) is 0.913. The van der Waals surface area contributed by atoms with Gasteiger partial charge in [-0.05, 0) is 50.0 Å². The summed E-state index contributed by atoms with van der Waals surface area (Å²) < 4.78 is 0. The summed E-state index contributed by atoms with van der Waals surface area (Å²) in [5, 5.41) is 4.60. The zero-order valence-electron chi connectivity index (χ0n) is 12.0. The highest BCUT2D eigenvalue weighted by Crippen LogP contribution is 2.59. The van der Waals surface area contributed by atoms with Crippen LogP contribution in [0, 0.1) is 11.3 Å². The van der Waals surface area contributed by atoms with Crippen LogP contribution in [0.5, 0.6) is 0 Å². The Morgan fingerprint density at radius 1 is 1.25 bits per heavy atom. The van der Waals surface area contributed by atoms with Gasteiger partial charge in [0.05, 0.1) is 5.52 Å². The van der Waals surface area contributed by atoms with E-state index in [-0.39, 0.29) is 0 Å². The topological polar surface area (TPSA) is 37.8 Å². The minimum Gasteiger partial charge on any atom is -0.351 e. The van der Waals surface area contributed by atoms with Crippen molar-refractivity contribution in [1.82, 2.24) is 9.97 Å². The average molecular weight is 267 g/mol. The minimum absolute atomic E-state index is 0.474. The number of fused-ring (bicyclic) bond motifs is 1. The summed E-state index contributed by atoms with van der Waals surface area (Å²) in [6.45, 7) is 2.27. The lowest BCUT2D eigenvalue weighted by atomic mass is 9.50. The molecule has 0 radical (unpaired) electrons. The highest BCUT2D eigenvalue weighted by molar-refractivity contribution is 5.78. The second-order valence-corrected chi connectivity index (χ2v) is 6.71. The van der Waals surface area contributed by atoms with Crippen molar-refractivity contribution in [2.75, 3.05) is 5.32 Å². The van der Waals surface area contributed by atoms with Crippen LogP contribution in [0.3, 0.4) is 0 Å². The molecule has 0 amide bonds. The SMILES string of the molecule is CC(Nc1ncc2ccccc2n1)C1CC2(CCC2)C1. The van der Waals surface area contributed by atoms with Crippen molar-refractivity contribution in [2.24, 2.45) is 11.3 Å². The lowest BCUT2D eigenvalue weighted by Gasteiger charge is -2.56. The predicted octanol–water partition coefficient (Wildman–Crippen LogP) is 4.01. The van der Waals surface area contributed by atoms with Gasteiger partial charge in [-0.25, -0.2) is 9.97 Å². The molecule has 2 aliphatic carbocycles. The van der Waals surface area contributed by atoms with E-state index in [9.17, 15) is 0 Å². The summed E-state index contributed by atoms with van der Waals surface area (Å²) in [7, 11) is 0. The van der Waals surface area contributed by atoms with Crippen LogP contribution in [0.2, 0.25) is 0 Å². The van der Waals surface area contributed by atoms with Crippen molar-refractivity contribution in [3.05, 3.63) is 30.5 Å². The zero-order valence-corrected chi connectivity index (χ0v) is 12.0. The van der Waals surface area contributed by atoms with Gasteiger partial charge in [-0.3, -0.25) is 0 Å². The molecule has 4 rings (SSSR count). The van der Waals surface area contributed by atoms with Crippen LogP contribution in [0.1, 0.15) is 39.0 Å². The third kappa shape index (κ3) is 1.96. The third-order valence-electron chi connectivity index (χ3n) is 5.36. The summed E-state index contributed by atoms with van der Waals surface area (Å²) in [5.41, 5.74) is 1.76. The Labute approximate surface area is 119 Å². The van der Waals surface area contributed by atoms with Crippen LogP contribution in [0.15, 0.2) is 30.5 Å². The molecule has 1 N–H and O–H groups in total. The van der Waals surface area contributed by atoms with E-state index < -0.39 is 0 Å². The molecule has 104 valence electrons. The zero-order chi connectivity index (χ0) is 13.6. The fourth-order valence-corrected chi connectivity index (χ4v) is 3.85. The first-order chi connectivity index (χ1) is 9.74. The number of hydrogen-bond acceptors (Lipinski definition) is 3. The van der Waals surface area contributed by atoms with Crippen molar-refractivity contribution < 1.29 is 0 Å². The van der Waals surface area contributed by atoms with Crippen LogP contribution in [0.25, 0.3) is 10.9 Å². The molecule has 0 saturated heterocycles. The van der Waals surface area contributed by atoms with Gasteiger partial charge >= 0.3 is 0 Å². The molecule has 2 aromatic rings. The van der Waals surface area contributed by atoms with E-state index in [0.717, 1.165) is 28.2 Å². The van der Waals surface area contributed by atoms with Gasteiger partial charge in [0, 0.05) is 17.6 Å². The standard InChI is InChI=1S/C17H21N3/c1-12(14-9-17(10-14)7-4-8-17)19-16-18-11-13-5-2-3-6-15(13)20-16/h2-3,5-6,11-12,14H,4,7-10H2,1H3,(H,18,19,20). The van der Waals surface area contributed by atoms with Crippen LogP contribution < -0.4 is 5.32 Å². The van der Waals surface area contributed by atoms with Gasteiger partial charge in [0.1, 0.15) is 0 Å². The number of anilines is 1. The van der Waals surface area contributed by atoms with Crippen LogP contribution in [-0.4, -0.2) is 16.0 Å². The van der Waals surface area contributed by atoms with Crippen LogP contribution >= 0.6 is 0 Å². The van der Waals surface area contributed by atoms with Gasteiger partial charge in [-0.15, -0.1) is 0 Å². The molecule has 0 bridgehead atoms. The molecule has 1 aromatic carbocycles. The molecule has 2 saturated carbocycles. The molecule has 2 fully saturated rings. The molecular weight excluding hydrogens is 246 g/mol. The summed E-state index contributed by atoms with van der Waals surface area (Å²) in [6.07, 6.45) is 9.07. The molecule has 1 unspecified atom stereocenters. The molecule has 1 atom stereocenters. The van der Waals surface area contributed by atoms with Crippen LogP contribution in [-0.2, 0) is 0 Å². The Kier molecular flexibility index (Phi) is 2.69. The summed E-state index contributed by atoms with van der Waals surface area (Å²) >= 11 is 0. The highest BCUT2D eigenvalue weighted by atomic mass is 15.1. The first-order valence-corrected chi connectivity index (χ1v) is 7.73. The Bertz CT molecular complexity index is 625. The Morgan fingerprint density at radius 3 is 2.80 bits per heavy atom. The second-order valence-electron chi connectivity index (χ2n) is 6.71. The van der Waals surface area contributed by atoms with Crippen molar-refractivity contribution in [1.29, 1.82) is 0 Å². The Balaban J connectivity index is 1.44. The van der Waals surface area contributed by atoms with Crippen molar-refractivity contribution >= 4 is 16.9 Å². The molecular formula is C17H21N3. The molecule has 3 heteroatoms. The fraction of sp³-hybridized carbons (Fsp3) is 0.529. The molecule has 1 heterocycles. The number of para-hydroxylation sites is 1. The summed E-state index contributed by atoms with van der Waals surface area (Å²) in [4.78, 5) is 9.04. The number of hydrogen-bond donors (Lipinski definition) is 1. The monoisotopic (exact) mass is 267 g/mol. The fourth-order valence-electron chi connectivity index (χ4n) is 3.85. The van der Waals surface area contributed by atoms with Gasteiger partial charge in [0.15, 0.2) is 0 Å². The molecule has 1 spiro atoms. The predicted molar refractivity (Wildman–Crippen MR) is 81.6 cm³/mol. The molecule has 20 heavy (non-hydrogen) atoms. The molecule has 1 aromatic heterocycles. The van der Waals surface area contributed by atoms with E-state index in [1.54, 1.807) is 0 Å². The smallest absolute Gasteiger partial charge is 0.223 e. The maximum absolute atomic E-state index is 4.60.